The topological polar surface area (TPSA) is 45.1 Å². The van der Waals surface area contributed by atoms with Gasteiger partial charge in [0.15, 0.2) is 0 Å². The molecule has 0 aliphatic heterocycles. The van der Waals surface area contributed by atoms with Gasteiger partial charge in [-0.1, -0.05) is 0 Å². The minimum absolute atomic E-state index is 0.302. The van der Waals surface area contributed by atoms with Gasteiger partial charge in [-0.05, 0) is 30.7 Å². The number of benzene rings is 1. The third-order valence-electron chi connectivity index (χ3n) is 2.15. The molecule has 78 valence electrons. The van der Waals surface area contributed by atoms with E-state index in [4.69, 9.17) is 0 Å². The Labute approximate surface area is 92.4 Å². The summed E-state index contributed by atoms with van der Waals surface area (Å²) in [5, 5.41) is 12.6. The first-order chi connectivity index (χ1) is 7.25. The molecule has 1 aromatic heterocycles. The van der Waals surface area contributed by atoms with Crippen LogP contribution < -0.4 is 5.32 Å². The Hall–Kier alpha value is -1.55. The Morgan fingerprint density at radius 2 is 2.33 bits per heavy atom. The Morgan fingerprint density at radius 1 is 1.47 bits per heavy atom. The molecular weight excluding hydrogens is 208 g/mol. The molecule has 2 rings (SSSR count). The van der Waals surface area contributed by atoms with E-state index in [1.807, 2.05) is 24.7 Å². The lowest BCUT2D eigenvalue weighted by molar-refractivity contribution is 0.475. The number of anilines is 1. The summed E-state index contributed by atoms with van der Waals surface area (Å²) in [6.07, 6.45) is 1.85. The van der Waals surface area contributed by atoms with Crippen LogP contribution in [0.15, 0.2) is 29.9 Å². The molecule has 1 aromatic carbocycles. The van der Waals surface area contributed by atoms with Crippen LogP contribution in [0.5, 0.6) is 5.75 Å². The second-order valence-electron chi connectivity index (χ2n) is 3.32. The monoisotopic (exact) mass is 220 g/mol. The average molecular weight is 220 g/mol. The molecule has 0 atom stereocenters. The summed E-state index contributed by atoms with van der Waals surface area (Å²) in [7, 11) is 0. The molecule has 0 unspecified atom stereocenters. The van der Waals surface area contributed by atoms with Crippen molar-refractivity contribution in [2.75, 3.05) is 5.32 Å². The number of nitrogens with zero attached hydrogens (tertiary/aromatic N) is 1. The smallest absolute Gasteiger partial charge is 0.115 e. The van der Waals surface area contributed by atoms with E-state index in [1.165, 1.54) is 4.88 Å². The largest absolute Gasteiger partial charge is 0.508 e. The number of thiazole rings is 1. The molecular formula is C11H12N2OS. The number of hydrogen-bond donors (Lipinski definition) is 2. The predicted molar refractivity (Wildman–Crippen MR) is 62.3 cm³/mol. The maximum absolute atomic E-state index is 9.25. The number of phenols is 1. The minimum Gasteiger partial charge on any atom is -0.508 e. The van der Waals surface area contributed by atoms with Crippen LogP contribution >= 0.6 is 11.3 Å². The van der Waals surface area contributed by atoms with E-state index in [9.17, 15) is 5.11 Å². The fourth-order valence-electron chi connectivity index (χ4n) is 1.36. The molecule has 1 heterocycles. The first kappa shape index (κ1) is 9.98. The summed E-state index contributed by atoms with van der Waals surface area (Å²) in [6, 6.07) is 5.31. The minimum atomic E-state index is 0.302. The highest BCUT2D eigenvalue weighted by Crippen LogP contribution is 2.21. The van der Waals surface area contributed by atoms with Gasteiger partial charge in [0.05, 0.1) is 12.1 Å². The lowest BCUT2D eigenvalue weighted by Crippen LogP contribution is -1.98. The number of aromatic hydroxyl groups is 1. The molecule has 0 amide bonds. The highest BCUT2D eigenvalue weighted by atomic mass is 32.1. The molecule has 0 saturated heterocycles. The quantitative estimate of drug-likeness (QED) is 0.782. The summed E-state index contributed by atoms with van der Waals surface area (Å²) < 4.78 is 0. The predicted octanol–water partition coefficient (Wildman–Crippen LogP) is 2.77. The first-order valence-corrected chi connectivity index (χ1v) is 5.54. The molecule has 0 saturated carbocycles. The van der Waals surface area contributed by atoms with Crippen molar-refractivity contribution in [3.63, 3.8) is 0 Å². The first-order valence-electron chi connectivity index (χ1n) is 4.66. The van der Waals surface area contributed by atoms with Gasteiger partial charge in [0.1, 0.15) is 5.75 Å². The fourth-order valence-corrected chi connectivity index (χ4v) is 1.89. The van der Waals surface area contributed by atoms with E-state index in [0.29, 0.717) is 5.75 Å². The molecule has 0 fully saturated rings. The van der Waals surface area contributed by atoms with Crippen molar-refractivity contribution < 1.29 is 5.11 Å². The average Bonchev–Trinajstić information content (AvgIpc) is 2.69. The number of aryl methyl sites for hydroxylation is 1. The van der Waals surface area contributed by atoms with Crippen LogP contribution in [-0.2, 0) is 6.54 Å². The maximum atomic E-state index is 9.25. The van der Waals surface area contributed by atoms with Crippen LogP contribution in [0, 0.1) is 6.92 Å². The maximum Gasteiger partial charge on any atom is 0.115 e. The van der Waals surface area contributed by atoms with E-state index in [-0.39, 0.29) is 0 Å². The van der Waals surface area contributed by atoms with Gasteiger partial charge in [0.25, 0.3) is 0 Å². The molecule has 2 N–H and O–H groups in total. The molecule has 2 aromatic rings. The van der Waals surface area contributed by atoms with Gasteiger partial charge in [-0.25, -0.2) is 0 Å². The number of aromatic nitrogens is 1. The lowest BCUT2D eigenvalue weighted by Gasteiger charge is -2.08. The number of nitrogens with one attached hydrogen (secondary N) is 1. The van der Waals surface area contributed by atoms with Crippen molar-refractivity contribution >= 4 is 17.0 Å². The van der Waals surface area contributed by atoms with Crippen LogP contribution in [-0.4, -0.2) is 10.1 Å². The summed E-state index contributed by atoms with van der Waals surface area (Å²) in [5.41, 5.74) is 3.90. The van der Waals surface area contributed by atoms with E-state index >= 15 is 0 Å². The van der Waals surface area contributed by atoms with Crippen LogP contribution in [0.4, 0.5) is 5.69 Å². The van der Waals surface area contributed by atoms with Crippen LogP contribution in [0.3, 0.4) is 0 Å². The molecule has 4 heteroatoms. The van der Waals surface area contributed by atoms with E-state index < -0.39 is 0 Å². The molecule has 0 radical (unpaired) electrons. The molecule has 0 aliphatic rings. The summed E-state index contributed by atoms with van der Waals surface area (Å²) in [6.45, 7) is 2.74. The van der Waals surface area contributed by atoms with Gasteiger partial charge in [-0.3, -0.25) is 4.98 Å². The Morgan fingerprint density at radius 3 is 3.00 bits per heavy atom. The SMILES string of the molecule is Cc1cc(O)ccc1NCc1cncs1. The lowest BCUT2D eigenvalue weighted by atomic mass is 10.2. The zero-order valence-electron chi connectivity index (χ0n) is 8.40. The Bertz CT molecular complexity index is 440. The van der Waals surface area contributed by atoms with E-state index in [0.717, 1.165) is 17.8 Å². The van der Waals surface area contributed by atoms with Gasteiger partial charge in [0, 0.05) is 16.8 Å². The molecule has 3 nitrogen and oxygen atoms in total. The van der Waals surface area contributed by atoms with Crippen molar-refractivity contribution in [2.45, 2.75) is 13.5 Å². The third-order valence-corrected chi connectivity index (χ3v) is 2.93. The van der Waals surface area contributed by atoms with Gasteiger partial charge >= 0.3 is 0 Å². The highest BCUT2D eigenvalue weighted by Gasteiger charge is 1.99. The number of phenolic OH excluding ortho intramolecular Hbond substituents is 1. The van der Waals surface area contributed by atoms with E-state index in [2.05, 4.69) is 10.3 Å². The van der Waals surface area contributed by atoms with Crippen LogP contribution in [0.2, 0.25) is 0 Å². The number of hydrogen-bond acceptors (Lipinski definition) is 4. The third kappa shape index (κ3) is 2.47. The fraction of sp³-hybridized carbons (Fsp3) is 0.182. The van der Waals surface area contributed by atoms with Crippen LogP contribution in [0.1, 0.15) is 10.4 Å². The molecule has 0 bridgehead atoms. The summed E-state index contributed by atoms with van der Waals surface area (Å²) >= 11 is 1.63. The highest BCUT2D eigenvalue weighted by molar-refractivity contribution is 7.09. The molecule has 0 spiro atoms. The van der Waals surface area contributed by atoms with Crippen molar-refractivity contribution in [1.29, 1.82) is 0 Å². The van der Waals surface area contributed by atoms with Gasteiger partial charge in [-0.2, -0.15) is 0 Å². The van der Waals surface area contributed by atoms with Gasteiger partial charge < -0.3 is 10.4 Å². The van der Waals surface area contributed by atoms with Crippen molar-refractivity contribution in [1.82, 2.24) is 4.98 Å². The normalized spacial score (nSPS) is 10.2. The summed E-state index contributed by atoms with van der Waals surface area (Å²) in [5.74, 6) is 0.302. The van der Waals surface area contributed by atoms with Gasteiger partial charge in [0.2, 0.25) is 0 Å². The van der Waals surface area contributed by atoms with Crippen molar-refractivity contribution in [2.24, 2.45) is 0 Å². The van der Waals surface area contributed by atoms with Crippen LogP contribution in [0.25, 0.3) is 0 Å². The van der Waals surface area contributed by atoms with Crippen molar-refractivity contribution in [3.8, 4) is 5.75 Å². The zero-order valence-corrected chi connectivity index (χ0v) is 9.21. The zero-order chi connectivity index (χ0) is 10.7. The second-order valence-corrected chi connectivity index (χ2v) is 4.29. The van der Waals surface area contributed by atoms with Crippen molar-refractivity contribution in [3.05, 3.63) is 40.3 Å². The van der Waals surface area contributed by atoms with Gasteiger partial charge in [-0.15, -0.1) is 11.3 Å². The molecule has 15 heavy (non-hydrogen) atoms. The number of rotatable bonds is 3. The standard InChI is InChI=1S/C11H12N2OS/c1-8-4-9(14)2-3-11(8)13-6-10-5-12-7-15-10/h2-5,7,13-14H,6H2,1H3. The summed E-state index contributed by atoms with van der Waals surface area (Å²) in [4.78, 5) is 5.21. The van der Waals surface area contributed by atoms with E-state index in [1.54, 1.807) is 23.5 Å². The molecule has 0 aliphatic carbocycles. The second kappa shape index (κ2) is 4.31. The Balaban J connectivity index is 2.05. The Kier molecular flexibility index (Phi) is 2.87.